The Bertz CT molecular complexity index is 302. The average Bonchev–Trinajstić information content (AvgIpc) is 2.36. The van der Waals surface area contributed by atoms with Crippen molar-refractivity contribution in [2.24, 2.45) is 11.7 Å². The van der Waals surface area contributed by atoms with E-state index < -0.39 is 11.9 Å². The summed E-state index contributed by atoms with van der Waals surface area (Å²) in [5.74, 6) is -0.694. The van der Waals surface area contributed by atoms with Gasteiger partial charge in [0.25, 0.3) is 0 Å². The summed E-state index contributed by atoms with van der Waals surface area (Å²) in [6, 6.07) is -0.605. The first-order chi connectivity index (χ1) is 9.00. The lowest BCUT2D eigenvalue weighted by molar-refractivity contribution is -0.129. The number of rotatable bonds is 7. The van der Waals surface area contributed by atoms with Crippen LogP contribution in [0.25, 0.3) is 0 Å². The molecule has 1 aliphatic rings. The van der Waals surface area contributed by atoms with Crippen molar-refractivity contribution in [2.75, 3.05) is 19.7 Å². The molecule has 0 aromatic heterocycles. The smallest absolute Gasteiger partial charge is 0.240 e. The Balaban J connectivity index is 2.21. The fourth-order valence-corrected chi connectivity index (χ4v) is 2.09. The number of primary amides is 1. The number of piperidine rings is 1. The van der Waals surface area contributed by atoms with Gasteiger partial charge in [-0.25, -0.2) is 0 Å². The highest BCUT2D eigenvalue weighted by Crippen LogP contribution is 2.07. The van der Waals surface area contributed by atoms with E-state index in [1.54, 1.807) is 0 Å². The minimum Gasteiger partial charge on any atom is -0.378 e. The molecule has 0 saturated carbocycles. The molecule has 1 atom stereocenters. The number of carbonyl (C=O) groups excluding carboxylic acids is 2. The number of amides is 2. The minimum absolute atomic E-state index is 0.00760. The molecule has 1 heterocycles. The SMILES string of the molecule is CC(C)C(NC(=O)CCOC1CCNCC1)C(N)=O. The molecule has 0 aromatic rings. The van der Waals surface area contributed by atoms with Crippen molar-refractivity contribution in [3.8, 4) is 0 Å². The Morgan fingerprint density at radius 1 is 1.37 bits per heavy atom. The van der Waals surface area contributed by atoms with Crippen molar-refractivity contribution in [3.05, 3.63) is 0 Å². The summed E-state index contributed by atoms with van der Waals surface area (Å²) < 4.78 is 5.64. The number of nitrogens with one attached hydrogen (secondary N) is 2. The lowest BCUT2D eigenvalue weighted by Crippen LogP contribution is -2.47. The highest BCUT2D eigenvalue weighted by atomic mass is 16.5. The van der Waals surface area contributed by atoms with E-state index in [4.69, 9.17) is 10.5 Å². The highest BCUT2D eigenvalue weighted by Gasteiger charge is 2.21. The molecular formula is C13H25N3O3. The summed E-state index contributed by atoms with van der Waals surface area (Å²) in [6.45, 7) is 6.02. The van der Waals surface area contributed by atoms with Gasteiger partial charge in [-0.2, -0.15) is 0 Å². The maximum Gasteiger partial charge on any atom is 0.240 e. The third-order valence-electron chi connectivity index (χ3n) is 3.26. The minimum atomic E-state index is -0.605. The van der Waals surface area contributed by atoms with Crippen molar-refractivity contribution < 1.29 is 14.3 Å². The fourth-order valence-electron chi connectivity index (χ4n) is 2.09. The van der Waals surface area contributed by atoms with Gasteiger partial charge in [0.15, 0.2) is 0 Å². The summed E-state index contributed by atoms with van der Waals surface area (Å²) in [5, 5.41) is 5.90. The molecule has 6 nitrogen and oxygen atoms in total. The van der Waals surface area contributed by atoms with Gasteiger partial charge in [0.1, 0.15) is 6.04 Å². The van der Waals surface area contributed by atoms with Crippen LogP contribution in [0.2, 0.25) is 0 Å². The Morgan fingerprint density at radius 2 is 2.00 bits per heavy atom. The molecule has 0 bridgehead atoms. The van der Waals surface area contributed by atoms with E-state index >= 15 is 0 Å². The van der Waals surface area contributed by atoms with Crippen LogP contribution in [0.5, 0.6) is 0 Å². The van der Waals surface area contributed by atoms with Crippen LogP contribution in [-0.4, -0.2) is 43.7 Å². The van der Waals surface area contributed by atoms with Crippen molar-refractivity contribution in [1.82, 2.24) is 10.6 Å². The molecule has 0 aromatic carbocycles. The van der Waals surface area contributed by atoms with Crippen molar-refractivity contribution in [1.29, 1.82) is 0 Å². The molecule has 2 amide bonds. The van der Waals surface area contributed by atoms with Gasteiger partial charge in [-0.15, -0.1) is 0 Å². The number of hydrogen-bond donors (Lipinski definition) is 3. The number of nitrogens with two attached hydrogens (primary N) is 1. The van der Waals surface area contributed by atoms with Gasteiger partial charge in [0, 0.05) is 6.42 Å². The standard InChI is InChI=1S/C13H25N3O3/c1-9(2)12(13(14)18)16-11(17)5-8-19-10-3-6-15-7-4-10/h9-10,12,15H,3-8H2,1-2H3,(H2,14,18)(H,16,17). The maximum absolute atomic E-state index is 11.7. The molecule has 1 saturated heterocycles. The first-order valence-corrected chi connectivity index (χ1v) is 6.91. The zero-order valence-electron chi connectivity index (χ0n) is 11.8. The third kappa shape index (κ3) is 6.02. The van der Waals surface area contributed by atoms with Gasteiger partial charge < -0.3 is 21.1 Å². The monoisotopic (exact) mass is 271 g/mol. The molecule has 4 N–H and O–H groups in total. The van der Waals surface area contributed by atoms with Crippen LogP contribution < -0.4 is 16.4 Å². The summed E-state index contributed by atoms with van der Waals surface area (Å²) in [5.41, 5.74) is 5.24. The molecule has 0 aliphatic carbocycles. The molecule has 19 heavy (non-hydrogen) atoms. The van der Waals surface area contributed by atoms with Crippen LogP contribution in [0.15, 0.2) is 0 Å². The van der Waals surface area contributed by atoms with Gasteiger partial charge in [0.2, 0.25) is 11.8 Å². The van der Waals surface area contributed by atoms with Gasteiger partial charge in [0.05, 0.1) is 12.7 Å². The van der Waals surface area contributed by atoms with Crippen molar-refractivity contribution in [3.63, 3.8) is 0 Å². The topological polar surface area (TPSA) is 93.4 Å². The quantitative estimate of drug-likeness (QED) is 0.596. The van der Waals surface area contributed by atoms with E-state index in [1.807, 2.05) is 13.8 Å². The molecule has 1 unspecified atom stereocenters. The van der Waals surface area contributed by atoms with Gasteiger partial charge in [-0.3, -0.25) is 9.59 Å². The lowest BCUT2D eigenvalue weighted by atomic mass is 10.0. The van der Waals surface area contributed by atoms with Crippen LogP contribution in [-0.2, 0) is 14.3 Å². The summed E-state index contributed by atoms with van der Waals surface area (Å²) in [4.78, 5) is 22.9. The predicted octanol–water partition coefficient (Wildman–Crippen LogP) is -0.229. The molecule has 110 valence electrons. The van der Waals surface area contributed by atoms with E-state index in [1.165, 1.54) is 0 Å². The first kappa shape index (κ1) is 15.9. The van der Waals surface area contributed by atoms with Crippen LogP contribution in [0.4, 0.5) is 0 Å². The second-order valence-electron chi connectivity index (χ2n) is 5.26. The van der Waals surface area contributed by atoms with Crippen LogP contribution >= 0.6 is 0 Å². The highest BCUT2D eigenvalue weighted by molar-refractivity contribution is 5.86. The molecular weight excluding hydrogens is 246 g/mol. The Hall–Kier alpha value is -1.14. The van der Waals surface area contributed by atoms with Gasteiger partial charge in [-0.1, -0.05) is 13.8 Å². The largest absolute Gasteiger partial charge is 0.378 e. The molecule has 0 spiro atoms. The Kier molecular flexibility index (Phi) is 6.80. The zero-order chi connectivity index (χ0) is 14.3. The van der Waals surface area contributed by atoms with Crippen molar-refractivity contribution in [2.45, 2.75) is 45.3 Å². The second kappa shape index (κ2) is 8.12. The second-order valence-corrected chi connectivity index (χ2v) is 5.26. The van der Waals surface area contributed by atoms with E-state index in [2.05, 4.69) is 10.6 Å². The third-order valence-corrected chi connectivity index (χ3v) is 3.26. The Labute approximate surface area is 114 Å². The van der Waals surface area contributed by atoms with Crippen molar-refractivity contribution >= 4 is 11.8 Å². The summed E-state index contributed by atoms with van der Waals surface area (Å²) in [7, 11) is 0. The molecule has 1 fully saturated rings. The number of carbonyl (C=O) groups is 2. The van der Waals surface area contributed by atoms with Gasteiger partial charge in [-0.05, 0) is 31.8 Å². The predicted molar refractivity (Wildman–Crippen MR) is 72.4 cm³/mol. The number of hydrogen-bond acceptors (Lipinski definition) is 4. The van der Waals surface area contributed by atoms with E-state index in [0.29, 0.717) is 6.61 Å². The average molecular weight is 271 g/mol. The summed E-state index contributed by atoms with van der Waals surface area (Å²) in [6.07, 6.45) is 2.47. The fraction of sp³-hybridized carbons (Fsp3) is 0.846. The first-order valence-electron chi connectivity index (χ1n) is 6.91. The van der Waals surface area contributed by atoms with Crippen LogP contribution in [0.1, 0.15) is 33.1 Å². The number of ether oxygens (including phenoxy) is 1. The summed E-state index contributed by atoms with van der Waals surface area (Å²) >= 11 is 0. The van der Waals surface area contributed by atoms with Crippen LogP contribution in [0.3, 0.4) is 0 Å². The molecule has 1 aliphatic heterocycles. The van der Waals surface area contributed by atoms with E-state index in [-0.39, 0.29) is 24.3 Å². The molecule has 6 heteroatoms. The normalized spacial score (nSPS) is 18.3. The van der Waals surface area contributed by atoms with Crippen LogP contribution in [0, 0.1) is 5.92 Å². The molecule has 0 radical (unpaired) electrons. The lowest BCUT2D eigenvalue weighted by Gasteiger charge is -2.23. The van der Waals surface area contributed by atoms with E-state index in [0.717, 1.165) is 25.9 Å². The van der Waals surface area contributed by atoms with Gasteiger partial charge >= 0.3 is 0 Å². The Morgan fingerprint density at radius 3 is 2.53 bits per heavy atom. The molecule has 1 rings (SSSR count). The zero-order valence-corrected chi connectivity index (χ0v) is 11.8. The van der Waals surface area contributed by atoms with E-state index in [9.17, 15) is 9.59 Å². The maximum atomic E-state index is 11.7.